The van der Waals surface area contributed by atoms with Crippen molar-refractivity contribution in [3.8, 4) is 0 Å². The smallest absolute Gasteiger partial charge is 0.0667 e. The van der Waals surface area contributed by atoms with Crippen molar-refractivity contribution in [2.45, 2.75) is 352 Å². The summed E-state index contributed by atoms with van der Waals surface area (Å²) in [5, 5.41) is 28.4. The van der Waals surface area contributed by atoms with Gasteiger partial charge in [-0.2, -0.15) is 0 Å². The number of aliphatic hydroxyl groups excluding tert-OH is 3. The first-order valence-corrected chi connectivity index (χ1v) is 41.8. The van der Waals surface area contributed by atoms with E-state index in [0.29, 0.717) is 48.1 Å². The molecular weight excluding hydrogens is 1240 g/mol. The number of piperidine rings is 7. The summed E-state index contributed by atoms with van der Waals surface area (Å²) in [6.45, 7) is 65.7. The molecule has 1 unspecified atom stereocenters. The number of unbranched alkanes of at least 4 members (excludes halogenated alkanes) is 2. The van der Waals surface area contributed by atoms with E-state index in [1.54, 1.807) is 0 Å². The van der Waals surface area contributed by atoms with Crippen LogP contribution >= 0.6 is 0 Å². The Bertz CT molecular complexity index is 1590. The molecule has 7 heterocycles. The van der Waals surface area contributed by atoms with Crippen LogP contribution in [0.25, 0.3) is 0 Å². The molecule has 7 aliphatic heterocycles. The molecule has 17 heteroatoms. The summed E-state index contributed by atoms with van der Waals surface area (Å²) in [4.78, 5) is 17.4. The second kappa shape index (κ2) is 63.4. The highest BCUT2D eigenvalue weighted by Gasteiger charge is 2.26. The summed E-state index contributed by atoms with van der Waals surface area (Å²) in [5.41, 5.74) is 0.525. The van der Waals surface area contributed by atoms with Gasteiger partial charge in [0.2, 0.25) is 0 Å². The molecule has 7 aliphatic rings. The van der Waals surface area contributed by atoms with Gasteiger partial charge < -0.3 is 82.8 Å². The number of rotatable bonds is 37. The van der Waals surface area contributed by atoms with Crippen molar-refractivity contribution in [2.75, 3.05) is 177 Å². The van der Waals surface area contributed by atoms with Gasteiger partial charge in [-0.3, -0.25) is 0 Å². The Hall–Kier alpha value is -0.680. The summed E-state index contributed by atoms with van der Waals surface area (Å²) in [5.74, 6) is 0. The maximum Gasteiger partial charge on any atom is 0.0667 e. The molecular formula is C82H171N7O10. The largest absolute Gasteiger partial charge is 0.392 e. The van der Waals surface area contributed by atoms with Crippen LogP contribution in [-0.2, 0) is 33.2 Å². The lowest BCUT2D eigenvalue weighted by Crippen LogP contribution is -2.40. The van der Waals surface area contributed by atoms with Crippen molar-refractivity contribution < 1.29 is 48.5 Å². The van der Waals surface area contributed by atoms with E-state index in [1.165, 1.54) is 181 Å². The van der Waals surface area contributed by atoms with E-state index in [0.717, 1.165) is 169 Å². The highest BCUT2D eigenvalue weighted by molar-refractivity contribution is 4.80. The molecule has 0 amide bonds. The van der Waals surface area contributed by atoms with Crippen LogP contribution in [0.15, 0.2) is 0 Å². The number of ether oxygens (including phenoxy) is 7. The van der Waals surface area contributed by atoms with Crippen LogP contribution in [0.4, 0.5) is 0 Å². The van der Waals surface area contributed by atoms with E-state index >= 15 is 0 Å². The Kier molecular flexibility index (Phi) is 61.7. The third-order valence-corrected chi connectivity index (χ3v) is 19.2. The summed E-state index contributed by atoms with van der Waals surface area (Å²) in [7, 11) is 0. The van der Waals surface area contributed by atoms with Gasteiger partial charge in [0.25, 0.3) is 0 Å². The maximum absolute atomic E-state index is 9.45. The maximum atomic E-state index is 9.45. The Morgan fingerprint density at radius 1 is 0.293 bits per heavy atom. The fraction of sp³-hybridized carbons (Fsp3) is 1.00. The number of β-amino-alcohol motifs (C(OH)–C–C–N with tert-alkyl or cyclic N) is 3. The minimum Gasteiger partial charge on any atom is -0.392 e. The normalized spacial score (nSPS) is 22.6. The van der Waals surface area contributed by atoms with Gasteiger partial charge in [-0.1, -0.05) is 33.1 Å². The average Bonchev–Trinajstić information content (AvgIpc) is 0.974. The molecule has 17 nitrogen and oxygen atoms in total. The van der Waals surface area contributed by atoms with E-state index in [-0.39, 0.29) is 18.3 Å². The first-order chi connectivity index (χ1) is 47.3. The molecule has 0 aliphatic carbocycles. The number of aliphatic hydroxyl groups is 3. The lowest BCUT2D eigenvalue weighted by atomic mass is 9.84. The molecule has 0 aromatic rings. The average molecular weight is 1420 g/mol. The van der Waals surface area contributed by atoms with E-state index in [9.17, 15) is 15.3 Å². The van der Waals surface area contributed by atoms with Crippen LogP contribution in [0.5, 0.6) is 0 Å². The quantitative estimate of drug-likeness (QED) is 0.0506. The van der Waals surface area contributed by atoms with Gasteiger partial charge in [0.15, 0.2) is 0 Å². The lowest BCUT2D eigenvalue weighted by molar-refractivity contribution is 0.0480. The third kappa shape index (κ3) is 62.1. The topological polar surface area (TPSA) is 148 Å². The minimum absolute atomic E-state index is 0.102. The molecule has 0 bridgehead atoms. The van der Waals surface area contributed by atoms with Gasteiger partial charge in [0.1, 0.15) is 0 Å². The molecule has 7 fully saturated rings. The van der Waals surface area contributed by atoms with E-state index in [2.05, 4.69) is 152 Å². The van der Waals surface area contributed by atoms with Crippen molar-refractivity contribution in [1.29, 1.82) is 0 Å². The van der Waals surface area contributed by atoms with E-state index in [1.807, 2.05) is 0 Å². The second-order valence-corrected chi connectivity index (χ2v) is 32.6. The van der Waals surface area contributed by atoms with Crippen molar-refractivity contribution in [1.82, 2.24) is 34.3 Å². The van der Waals surface area contributed by atoms with Gasteiger partial charge >= 0.3 is 0 Å². The van der Waals surface area contributed by atoms with Crippen LogP contribution < -0.4 is 0 Å². The van der Waals surface area contributed by atoms with Gasteiger partial charge in [0.05, 0.1) is 61.0 Å². The van der Waals surface area contributed by atoms with Gasteiger partial charge in [0, 0.05) is 111 Å². The standard InChI is InChI=1S/C13H27NO.3C12H25NO.3C11H23NO2/c1-12(2)15-10-6-9-14-8-5-7-13(3,4)11-14;1-11(2)14-10-6-9-13-8-5-4-7-12(13)3;2*1-12(2)14-11-7-6-10-13-8-4-3-5-9-13;3*1-10(2)14-8-4-7-12-6-3-5-11(13)9-12/h12H,5-11H2,1-4H3;11-12H,4-10H2,1-3H3;2*12H,3-11H2,1-2H3;3*10-11,13H,3-9H2,1-2H3/t;12-;;;2*11-;/m.0..10./s1. The first kappa shape index (κ1) is 96.3. The van der Waals surface area contributed by atoms with Crippen LogP contribution in [0.2, 0.25) is 0 Å². The zero-order valence-corrected chi connectivity index (χ0v) is 68.7. The number of hydrogen-bond donors (Lipinski definition) is 3. The summed E-state index contributed by atoms with van der Waals surface area (Å²) < 4.78 is 38.5. The molecule has 7 rings (SSSR count). The lowest BCUT2D eigenvalue weighted by Gasteiger charge is -2.38. The van der Waals surface area contributed by atoms with Crippen molar-refractivity contribution >= 4 is 0 Å². The van der Waals surface area contributed by atoms with Crippen molar-refractivity contribution in [3.63, 3.8) is 0 Å². The number of nitrogens with zero attached hydrogens (tertiary/aromatic N) is 7. The Morgan fingerprint density at radius 3 is 0.869 bits per heavy atom. The van der Waals surface area contributed by atoms with Crippen molar-refractivity contribution in [3.05, 3.63) is 0 Å². The molecule has 0 aromatic carbocycles. The molecule has 0 spiro atoms. The second-order valence-electron chi connectivity index (χ2n) is 32.6. The molecule has 99 heavy (non-hydrogen) atoms. The molecule has 0 saturated carbocycles. The van der Waals surface area contributed by atoms with E-state index in [4.69, 9.17) is 33.2 Å². The van der Waals surface area contributed by atoms with Crippen LogP contribution in [0.1, 0.15) is 285 Å². The summed E-state index contributed by atoms with van der Waals surface area (Å²) >= 11 is 0. The van der Waals surface area contributed by atoms with Gasteiger partial charge in [-0.05, 0) is 329 Å². The Labute approximate surface area is 614 Å². The molecule has 594 valence electrons. The van der Waals surface area contributed by atoms with Gasteiger partial charge in [-0.25, -0.2) is 0 Å². The zero-order valence-electron chi connectivity index (χ0n) is 68.7. The van der Waals surface area contributed by atoms with Crippen molar-refractivity contribution in [2.24, 2.45) is 5.41 Å². The zero-order chi connectivity index (χ0) is 73.3. The van der Waals surface area contributed by atoms with Crippen LogP contribution in [0, 0.1) is 5.41 Å². The SMILES string of the molecule is CC(C)OCCCCN1CCCCC1.CC(C)OCCCCN1CCCCC1.CC(C)OCCCN1CCCC(C)(C)C1.CC(C)OCCCN1CCCC(O)C1.CC(C)OCCCN1CCCC[C@@H]1C.CC(C)OCCCN1CCC[C@@H](O)C1.CC(C)OCCCN1CCC[C@H](O)C1. The molecule has 7 saturated heterocycles. The summed E-state index contributed by atoms with van der Waals surface area (Å²) in [6, 6.07) is 0.794. The minimum atomic E-state index is -0.102. The third-order valence-electron chi connectivity index (χ3n) is 19.2. The monoisotopic (exact) mass is 1410 g/mol. The number of hydrogen-bond acceptors (Lipinski definition) is 17. The highest BCUT2D eigenvalue weighted by Crippen LogP contribution is 2.28. The van der Waals surface area contributed by atoms with E-state index < -0.39 is 0 Å². The predicted octanol–water partition coefficient (Wildman–Crippen LogP) is 14.7. The Morgan fingerprint density at radius 2 is 0.566 bits per heavy atom. The molecule has 4 atom stereocenters. The fourth-order valence-corrected chi connectivity index (χ4v) is 13.8. The van der Waals surface area contributed by atoms with Crippen LogP contribution in [0.3, 0.4) is 0 Å². The fourth-order valence-electron chi connectivity index (χ4n) is 13.8. The van der Waals surface area contributed by atoms with Crippen LogP contribution in [-0.4, -0.2) is 294 Å². The summed E-state index contributed by atoms with van der Waals surface area (Å²) in [6.07, 6.45) is 34.6. The molecule has 0 radical (unpaired) electrons. The first-order valence-electron chi connectivity index (χ1n) is 41.8. The Balaban J connectivity index is 0.000000578. The predicted molar refractivity (Wildman–Crippen MR) is 419 cm³/mol. The van der Waals surface area contributed by atoms with Gasteiger partial charge in [-0.15, -0.1) is 0 Å². The molecule has 0 aromatic heterocycles. The molecule has 3 N–H and O–H groups in total. The highest BCUT2D eigenvalue weighted by atomic mass is 16.5. The number of likely N-dealkylation sites (tertiary alicyclic amines) is 7.